The first kappa shape index (κ1) is 19.3. The number of likely N-dealkylation sites (N-methyl/N-ethyl adjacent to an activating group) is 1. The predicted molar refractivity (Wildman–Crippen MR) is 118 cm³/mol. The zero-order valence-electron chi connectivity index (χ0n) is 18.0. The van der Waals surface area contributed by atoms with Crippen LogP contribution in [0.2, 0.25) is 0 Å². The molecule has 1 aromatic heterocycles. The van der Waals surface area contributed by atoms with E-state index >= 15 is 0 Å². The van der Waals surface area contributed by atoms with E-state index in [2.05, 4.69) is 35.8 Å². The van der Waals surface area contributed by atoms with Crippen molar-refractivity contribution < 1.29 is 4.74 Å². The smallest absolute Gasteiger partial charge is 0.226 e. The van der Waals surface area contributed by atoms with Gasteiger partial charge in [-0.15, -0.1) is 0 Å². The maximum absolute atomic E-state index is 5.88. The van der Waals surface area contributed by atoms with Crippen LogP contribution in [0.3, 0.4) is 0 Å². The summed E-state index contributed by atoms with van der Waals surface area (Å²) in [5.41, 5.74) is 5.25. The fourth-order valence-corrected chi connectivity index (χ4v) is 5.50. The Balaban J connectivity index is 1.29. The molecule has 2 fully saturated rings. The van der Waals surface area contributed by atoms with Crippen LogP contribution in [0, 0.1) is 6.92 Å². The molecule has 5 nitrogen and oxygen atoms in total. The molecule has 1 aromatic carbocycles. The zero-order valence-corrected chi connectivity index (χ0v) is 18.0. The van der Waals surface area contributed by atoms with Crippen LogP contribution < -0.4 is 4.90 Å². The van der Waals surface area contributed by atoms with Gasteiger partial charge in [-0.1, -0.05) is 6.92 Å². The molecular weight excluding hydrogens is 360 g/mol. The summed E-state index contributed by atoms with van der Waals surface area (Å²) < 4.78 is 5.88. The third-order valence-electron chi connectivity index (χ3n) is 7.22. The highest BCUT2D eigenvalue weighted by molar-refractivity contribution is 5.84. The van der Waals surface area contributed by atoms with Crippen LogP contribution in [0.25, 0.3) is 10.9 Å². The lowest BCUT2D eigenvalue weighted by molar-refractivity contribution is 0.0539. The summed E-state index contributed by atoms with van der Waals surface area (Å²) in [6, 6.07) is 5.32. The molecule has 0 radical (unpaired) electrons. The zero-order chi connectivity index (χ0) is 19.8. The van der Waals surface area contributed by atoms with E-state index in [1.54, 1.807) is 0 Å². The molecule has 2 aliphatic heterocycles. The van der Waals surface area contributed by atoms with Crippen molar-refractivity contribution in [2.75, 3.05) is 37.7 Å². The highest BCUT2D eigenvalue weighted by Gasteiger charge is 2.28. The van der Waals surface area contributed by atoms with Gasteiger partial charge in [0.1, 0.15) is 0 Å². The first-order valence-corrected chi connectivity index (χ1v) is 11.6. The predicted octanol–water partition coefficient (Wildman–Crippen LogP) is 3.90. The van der Waals surface area contributed by atoms with E-state index in [1.807, 2.05) is 0 Å². The maximum Gasteiger partial charge on any atom is 0.226 e. The number of piperidine rings is 1. The number of anilines is 1. The summed E-state index contributed by atoms with van der Waals surface area (Å²) in [6.07, 6.45) is 8.95. The van der Waals surface area contributed by atoms with Crippen LogP contribution in [0.4, 0.5) is 5.95 Å². The Hall–Kier alpha value is -1.72. The third-order valence-corrected chi connectivity index (χ3v) is 7.22. The van der Waals surface area contributed by atoms with Gasteiger partial charge in [0.25, 0.3) is 0 Å². The van der Waals surface area contributed by atoms with Gasteiger partial charge < -0.3 is 9.64 Å². The number of fused-ring (bicyclic) bond motifs is 2. The van der Waals surface area contributed by atoms with Crippen molar-refractivity contribution in [3.05, 3.63) is 29.0 Å². The average molecular weight is 395 g/mol. The van der Waals surface area contributed by atoms with Gasteiger partial charge in [0.15, 0.2) is 0 Å². The summed E-state index contributed by atoms with van der Waals surface area (Å²) in [4.78, 5) is 14.9. The molecule has 156 valence electrons. The van der Waals surface area contributed by atoms with Crippen LogP contribution in [0.15, 0.2) is 12.1 Å². The summed E-state index contributed by atoms with van der Waals surface area (Å²) in [6.45, 7) is 9.67. The number of rotatable bonds is 5. The average Bonchev–Trinajstić information content (AvgIpc) is 3.42. The van der Waals surface area contributed by atoms with Crippen LogP contribution in [-0.4, -0.2) is 59.8 Å². The van der Waals surface area contributed by atoms with E-state index in [1.165, 1.54) is 61.5 Å². The van der Waals surface area contributed by atoms with Gasteiger partial charge in [-0.2, -0.15) is 0 Å². The Morgan fingerprint density at radius 3 is 2.59 bits per heavy atom. The molecule has 5 heteroatoms. The number of hydrogen-bond donors (Lipinski definition) is 0. The van der Waals surface area contributed by atoms with Crippen molar-refractivity contribution in [2.45, 2.75) is 70.9 Å². The number of nitrogens with zero attached hydrogens (tertiary/aromatic N) is 4. The standard InChI is InChI=1S/C24H34N4O/c1-3-27(16-21-8-5-13-29-21)20-9-11-28(12-10-20)24-25-17(2)22-14-18-6-4-7-19(18)15-23(22)26-24/h14-15,20-21H,3-13,16H2,1-2H3. The molecule has 29 heavy (non-hydrogen) atoms. The second-order valence-electron chi connectivity index (χ2n) is 9.04. The summed E-state index contributed by atoms with van der Waals surface area (Å²) >= 11 is 0. The molecule has 3 aliphatic rings. The largest absolute Gasteiger partial charge is 0.377 e. The highest BCUT2D eigenvalue weighted by atomic mass is 16.5. The lowest BCUT2D eigenvalue weighted by Gasteiger charge is -2.39. The number of ether oxygens (including phenoxy) is 1. The molecule has 5 rings (SSSR count). The minimum Gasteiger partial charge on any atom is -0.377 e. The summed E-state index contributed by atoms with van der Waals surface area (Å²) in [7, 11) is 0. The van der Waals surface area contributed by atoms with Crippen LogP contribution >= 0.6 is 0 Å². The first-order chi connectivity index (χ1) is 14.2. The fraction of sp³-hybridized carbons (Fsp3) is 0.667. The summed E-state index contributed by atoms with van der Waals surface area (Å²) in [5.74, 6) is 0.925. The second kappa shape index (κ2) is 8.19. The first-order valence-electron chi connectivity index (χ1n) is 11.6. The van der Waals surface area contributed by atoms with E-state index in [0.717, 1.165) is 49.9 Å². The minimum absolute atomic E-state index is 0.446. The Bertz CT molecular complexity index is 869. The lowest BCUT2D eigenvalue weighted by Crippen LogP contribution is -2.47. The molecule has 1 aliphatic carbocycles. The molecule has 2 aromatic rings. The highest BCUT2D eigenvalue weighted by Crippen LogP contribution is 2.30. The molecular formula is C24H34N4O. The quantitative estimate of drug-likeness (QED) is 0.769. The summed E-state index contributed by atoms with van der Waals surface area (Å²) in [5, 5.41) is 1.23. The van der Waals surface area contributed by atoms with Crippen LogP contribution in [0.1, 0.15) is 55.8 Å². The van der Waals surface area contributed by atoms with Gasteiger partial charge in [-0.25, -0.2) is 9.97 Å². The maximum atomic E-state index is 5.88. The van der Waals surface area contributed by atoms with E-state index in [-0.39, 0.29) is 0 Å². The molecule has 0 saturated carbocycles. The fourth-order valence-electron chi connectivity index (χ4n) is 5.50. The molecule has 3 heterocycles. The number of hydrogen-bond acceptors (Lipinski definition) is 5. The van der Waals surface area contributed by atoms with Gasteiger partial charge in [0.05, 0.1) is 17.3 Å². The van der Waals surface area contributed by atoms with Gasteiger partial charge >= 0.3 is 0 Å². The monoisotopic (exact) mass is 394 g/mol. The van der Waals surface area contributed by atoms with E-state index in [0.29, 0.717) is 12.1 Å². The number of aryl methyl sites for hydroxylation is 3. The number of benzene rings is 1. The molecule has 2 saturated heterocycles. The Morgan fingerprint density at radius 1 is 1.07 bits per heavy atom. The topological polar surface area (TPSA) is 41.5 Å². The molecule has 1 atom stereocenters. The van der Waals surface area contributed by atoms with Crippen molar-refractivity contribution in [3.63, 3.8) is 0 Å². The van der Waals surface area contributed by atoms with Gasteiger partial charge in [-0.3, -0.25) is 4.90 Å². The minimum atomic E-state index is 0.446. The van der Waals surface area contributed by atoms with Crippen molar-refractivity contribution in [3.8, 4) is 0 Å². The van der Waals surface area contributed by atoms with Gasteiger partial charge in [-0.05, 0) is 81.7 Å². The normalized spacial score (nSPS) is 22.7. The van der Waals surface area contributed by atoms with Crippen molar-refractivity contribution >= 4 is 16.9 Å². The third kappa shape index (κ3) is 3.87. The van der Waals surface area contributed by atoms with E-state index in [4.69, 9.17) is 14.7 Å². The van der Waals surface area contributed by atoms with Crippen LogP contribution in [0.5, 0.6) is 0 Å². The Morgan fingerprint density at radius 2 is 1.86 bits per heavy atom. The van der Waals surface area contributed by atoms with Crippen molar-refractivity contribution in [2.24, 2.45) is 0 Å². The SMILES string of the molecule is CCN(CC1CCCO1)C1CCN(c2nc(C)c3cc4c(cc3n2)CCC4)CC1. The molecule has 0 amide bonds. The Labute approximate surface area is 174 Å². The van der Waals surface area contributed by atoms with Gasteiger partial charge in [0, 0.05) is 37.7 Å². The molecule has 0 N–H and O–H groups in total. The van der Waals surface area contributed by atoms with Gasteiger partial charge in [0.2, 0.25) is 5.95 Å². The van der Waals surface area contributed by atoms with E-state index < -0.39 is 0 Å². The Kier molecular flexibility index (Phi) is 5.44. The molecule has 1 unspecified atom stereocenters. The second-order valence-corrected chi connectivity index (χ2v) is 9.04. The number of aromatic nitrogens is 2. The van der Waals surface area contributed by atoms with E-state index in [9.17, 15) is 0 Å². The molecule has 0 bridgehead atoms. The van der Waals surface area contributed by atoms with Crippen molar-refractivity contribution in [1.29, 1.82) is 0 Å². The van der Waals surface area contributed by atoms with Crippen molar-refractivity contribution in [1.82, 2.24) is 14.9 Å². The van der Waals surface area contributed by atoms with Crippen LogP contribution in [-0.2, 0) is 17.6 Å². The molecule has 0 spiro atoms. The lowest BCUT2D eigenvalue weighted by atomic mass is 10.0.